The van der Waals surface area contributed by atoms with Gasteiger partial charge in [0.05, 0.1) is 17.8 Å². The van der Waals surface area contributed by atoms with Gasteiger partial charge in [-0.25, -0.2) is 4.39 Å². The summed E-state index contributed by atoms with van der Waals surface area (Å²) in [6.07, 6.45) is 1.63. The smallest absolute Gasteiger partial charge is 0.289 e. The molecule has 2 aromatic carbocycles. The highest BCUT2D eigenvalue weighted by Crippen LogP contribution is 2.08. The molecule has 0 aliphatic heterocycles. The molecule has 180 valence electrons. The minimum atomic E-state index is -1.18. The summed E-state index contributed by atoms with van der Waals surface area (Å²) in [7, 11) is 0. The minimum absolute atomic E-state index is 0.0481. The Balaban J connectivity index is 1.68. The lowest BCUT2D eigenvalue weighted by atomic mass is 10.0. The highest BCUT2D eigenvalue weighted by atomic mass is 19.1. The van der Waals surface area contributed by atoms with Crippen LogP contribution in [0, 0.1) is 5.82 Å². The number of nitrogens with one attached hydrogen (secondary N) is 3. The Hall–Kier alpha value is -4.40. The fourth-order valence-corrected chi connectivity index (χ4v) is 3.26. The maximum Gasteiger partial charge on any atom is 0.289 e. The van der Waals surface area contributed by atoms with Gasteiger partial charge in [0.25, 0.3) is 11.8 Å². The van der Waals surface area contributed by atoms with E-state index in [1.165, 1.54) is 25.1 Å². The number of carbonyl (C=O) groups is 4. The number of carbonyl (C=O) groups excluding carboxylic acids is 4. The van der Waals surface area contributed by atoms with Crippen LogP contribution in [0.25, 0.3) is 0 Å². The van der Waals surface area contributed by atoms with Gasteiger partial charge in [-0.2, -0.15) is 0 Å². The van der Waals surface area contributed by atoms with Crippen LogP contribution in [0.1, 0.15) is 28.5 Å². The average Bonchev–Trinajstić information content (AvgIpc) is 2.87. The van der Waals surface area contributed by atoms with Gasteiger partial charge in [-0.1, -0.05) is 48.5 Å². The number of hydrogen-bond donors (Lipinski definition) is 3. The standard InChI is InChI=1S/C26H25FN4O4/c1-17(30-25(34)20-12-5-6-13-21(20)27)24(33)31-22(15-18-9-3-2-4-10-18)23(32)26(35)29-16-19-11-7-8-14-28-19/h2-14,17,22H,15-16H2,1H3,(H,29,35)(H,30,34)(H,31,33)/t17-,22-/m1/s1. The number of Topliss-reactive ketones (excluding diaryl/α,β-unsaturated/α-hetero) is 1. The Morgan fingerprint density at radius 3 is 2.26 bits per heavy atom. The van der Waals surface area contributed by atoms with Crippen molar-refractivity contribution in [1.82, 2.24) is 20.9 Å². The van der Waals surface area contributed by atoms with Gasteiger partial charge in [0.1, 0.15) is 17.9 Å². The van der Waals surface area contributed by atoms with Crippen LogP contribution in [-0.4, -0.2) is 40.6 Å². The van der Waals surface area contributed by atoms with Crippen molar-refractivity contribution in [2.75, 3.05) is 0 Å². The lowest BCUT2D eigenvalue weighted by Crippen LogP contribution is -2.53. The molecule has 1 aromatic heterocycles. The molecule has 0 aliphatic carbocycles. The molecule has 3 amide bonds. The van der Waals surface area contributed by atoms with Crippen molar-refractivity contribution in [1.29, 1.82) is 0 Å². The number of benzene rings is 2. The second kappa shape index (κ2) is 12.2. The van der Waals surface area contributed by atoms with E-state index in [9.17, 15) is 23.6 Å². The second-order valence-electron chi connectivity index (χ2n) is 7.79. The zero-order chi connectivity index (χ0) is 25.2. The first-order valence-corrected chi connectivity index (χ1v) is 11.0. The number of ketones is 1. The summed E-state index contributed by atoms with van der Waals surface area (Å²) < 4.78 is 13.9. The molecule has 1 heterocycles. The maximum absolute atomic E-state index is 13.9. The molecule has 3 aromatic rings. The number of aromatic nitrogens is 1. The van der Waals surface area contributed by atoms with Gasteiger partial charge in [0.15, 0.2) is 0 Å². The molecule has 35 heavy (non-hydrogen) atoms. The molecule has 0 unspecified atom stereocenters. The van der Waals surface area contributed by atoms with Crippen LogP contribution >= 0.6 is 0 Å². The van der Waals surface area contributed by atoms with Crippen LogP contribution in [-0.2, 0) is 27.3 Å². The molecule has 0 radical (unpaired) electrons. The molecule has 2 atom stereocenters. The number of halogens is 1. The number of rotatable bonds is 10. The summed E-state index contributed by atoms with van der Waals surface area (Å²) in [5, 5.41) is 7.47. The molecule has 0 bridgehead atoms. The summed E-state index contributed by atoms with van der Waals surface area (Å²) in [6.45, 7) is 1.45. The molecular formula is C26H25FN4O4. The third-order valence-electron chi connectivity index (χ3n) is 5.16. The topological polar surface area (TPSA) is 117 Å². The van der Waals surface area contributed by atoms with Gasteiger partial charge >= 0.3 is 0 Å². The Bertz CT molecular complexity index is 1190. The summed E-state index contributed by atoms with van der Waals surface area (Å²) in [5.74, 6) is -3.91. The SMILES string of the molecule is C[C@@H](NC(=O)c1ccccc1F)C(=O)N[C@H](Cc1ccccc1)C(=O)C(=O)NCc1ccccn1. The predicted molar refractivity (Wildman–Crippen MR) is 126 cm³/mol. The van der Waals surface area contributed by atoms with Crippen LogP contribution in [0.5, 0.6) is 0 Å². The van der Waals surface area contributed by atoms with Gasteiger partial charge in [0, 0.05) is 12.6 Å². The molecule has 3 rings (SSSR count). The normalized spacial score (nSPS) is 12.2. The van der Waals surface area contributed by atoms with Crippen molar-refractivity contribution in [3.05, 3.63) is 102 Å². The van der Waals surface area contributed by atoms with Crippen LogP contribution in [0.3, 0.4) is 0 Å². The summed E-state index contributed by atoms with van der Waals surface area (Å²) in [6, 6.07) is 17.2. The van der Waals surface area contributed by atoms with Gasteiger partial charge < -0.3 is 16.0 Å². The van der Waals surface area contributed by atoms with E-state index in [-0.39, 0.29) is 18.5 Å². The summed E-state index contributed by atoms with van der Waals surface area (Å²) in [5.41, 5.74) is 1.09. The predicted octanol–water partition coefficient (Wildman–Crippen LogP) is 1.95. The van der Waals surface area contributed by atoms with Crippen molar-refractivity contribution in [3.63, 3.8) is 0 Å². The van der Waals surface area contributed by atoms with E-state index < -0.39 is 41.4 Å². The maximum atomic E-state index is 13.9. The largest absolute Gasteiger partial charge is 0.344 e. The van der Waals surface area contributed by atoms with Crippen molar-refractivity contribution < 1.29 is 23.6 Å². The highest BCUT2D eigenvalue weighted by Gasteiger charge is 2.29. The molecule has 0 saturated heterocycles. The molecule has 3 N–H and O–H groups in total. The number of hydrogen-bond acceptors (Lipinski definition) is 5. The van der Waals surface area contributed by atoms with E-state index in [4.69, 9.17) is 0 Å². The lowest BCUT2D eigenvalue weighted by Gasteiger charge is -2.21. The number of pyridine rings is 1. The molecular weight excluding hydrogens is 451 g/mol. The first-order valence-electron chi connectivity index (χ1n) is 11.0. The second-order valence-corrected chi connectivity index (χ2v) is 7.79. The Kier molecular flexibility index (Phi) is 8.77. The molecule has 9 heteroatoms. The van der Waals surface area contributed by atoms with Gasteiger partial charge in [-0.15, -0.1) is 0 Å². The fourth-order valence-electron chi connectivity index (χ4n) is 3.26. The van der Waals surface area contributed by atoms with Crippen molar-refractivity contribution in [3.8, 4) is 0 Å². The van der Waals surface area contributed by atoms with Gasteiger partial charge in [-0.05, 0) is 36.8 Å². The zero-order valence-corrected chi connectivity index (χ0v) is 19.0. The monoisotopic (exact) mass is 476 g/mol. The summed E-state index contributed by atoms with van der Waals surface area (Å²) in [4.78, 5) is 54.7. The minimum Gasteiger partial charge on any atom is -0.344 e. The molecule has 0 aliphatic rings. The molecule has 8 nitrogen and oxygen atoms in total. The molecule has 0 saturated carbocycles. The van der Waals surface area contributed by atoms with Crippen LogP contribution in [0.4, 0.5) is 4.39 Å². The Labute approximate surface area is 202 Å². The van der Waals surface area contributed by atoms with Crippen molar-refractivity contribution in [2.24, 2.45) is 0 Å². The fraction of sp³-hybridized carbons (Fsp3) is 0.192. The highest BCUT2D eigenvalue weighted by molar-refractivity contribution is 6.38. The van der Waals surface area contributed by atoms with Crippen LogP contribution in [0.2, 0.25) is 0 Å². The van der Waals surface area contributed by atoms with E-state index in [1.807, 2.05) is 0 Å². The van der Waals surface area contributed by atoms with E-state index >= 15 is 0 Å². The van der Waals surface area contributed by atoms with Gasteiger partial charge in [-0.3, -0.25) is 24.2 Å². The third-order valence-corrected chi connectivity index (χ3v) is 5.16. The van der Waals surface area contributed by atoms with E-state index in [0.29, 0.717) is 5.69 Å². The quantitative estimate of drug-likeness (QED) is 0.387. The number of amides is 3. The van der Waals surface area contributed by atoms with Crippen LogP contribution < -0.4 is 16.0 Å². The van der Waals surface area contributed by atoms with Gasteiger partial charge in [0.2, 0.25) is 11.7 Å². The van der Waals surface area contributed by atoms with E-state index in [2.05, 4.69) is 20.9 Å². The Morgan fingerprint density at radius 2 is 1.57 bits per heavy atom. The van der Waals surface area contributed by atoms with Crippen molar-refractivity contribution >= 4 is 23.5 Å². The first kappa shape index (κ1) is 25.2. The zero-order valence-electron chi connectivity index (χ0n) is 19.0. The first-order chi connectivity index (χ1) is 16.8. The summed E-state index contributed by atoms with van der Waals surface area (Å²) >= 11 is 0. The number of nitrogens with zero attached hydrogens (tertiary/aromatic N) is 1. The Morgan fingerprint density at radius 1 is 0.886 bits per heavy atom. The van der Waals surface area contributed by atoms with Crippen LogP contribution in [0.15, 0.2) is 79.0 Å². The lowest BCUT2D eigenvalue weighted by molar-refractivity contribution is -0.140. The van der Waals surface area contributed by atoms with E-state index in [0.717, 1.165) is 11.6 Å². The van der Waals surface area contributed by atoms with E-state index in [1.54, 1.807) is 54.7 Å². The molecule has 0 fully saturated rings. The average molecular weight is 477 g/mol. The third kappa shape index (κ3) is 7.29. The van der Waals surface area contributed by atoms with Crippen molar-refractivity contribution in [2.45, 2.75) is 32.0 Å². The molecule has 0 spiro atoms.